The van der Waals surface area contributed by atoms with Crippen molar-refractivity contribution in [3.05, 3.63) is 29.3 Å². The molecule has 0 saturated heterocycles. The van der Waals surface area contributed by atoms with Gasteiger partial charge in [0.1, 0.15) is 11.9 Å². The summed E-state index contributed by atoms with van der Waals surface area (Å²) in [5, 5.41) is 0. The van der Waals surface area contributed by atoms with E-state index in [1.54, 1.807) is 0 Å². The van der Waals surface area contributed by atoms with E-state index in [0.29, 0.717) is 6.54 Å². The van der Waals surface area contributed by atoms with Gasteiger partial charge in [-0.05, 0) is 37.5 Å². The summed E-state index contributed by atoms with van der Waals surface area (Å²) in [4.78, 5) is 0. The number of aryl methyl sites for hydroxylation is 2. The van der Waals surface area contributed by atoms with Crippen LogP contribution in [0.25, 0.3) is 0 Å². The zero-order valence-corrected chi connectivity index (χ0v) is 9.21. The van der Waals surface area contributed by atoms with Crippen LogP contribution < -0.4 is 10.5 Å². The van der Waals surface area contributed by atoms with Gasteiger partial charge in [-0.3, -0.25) is 0 Å². The lowest BCUT2D eigenvalue weighted by atomic mass is 10.1. The third-order valence-electron chi connectivity index (χ3n) is 2.36. The number of nitrogens with two attached hydrogens (primary N) is 1. The maximum Gasteiger partial charge on any atom is 0.122 e. The Morgan fingerprint density at radius 1 is 1.36 bits per heavy atom. The predicted molar refractivity (Wildman–Crippen MR) is 59.7 cm³/mol. The van der Waals surface area contributed by atoms with E-state index >= 15 is 0 Å². The van der Waals surface area contributed by atoms with Crippen LogP contribution in [-0.4, -0.2) is 12.6 Å². The second kappa shape index (κ2) is 5.01. The summed E-state index contributed by atoms with van der Waals surface area (Å²) < 4.78 is 5.80. The van der Waals surface area contributed by atoms with Gasteiger partial charge in [0.2, 0.25) is 0 Å². The standard InChI is InChI=1S/C12H19NO/c1-4-11(8-13)14-12-7-9(2)5-6-10(12)3/h5-7,11H,4,8,13H2,1-3H3. The van der Waals surface area contributed by atoms with Crippen molar-refractivity contribution in [2.24, 2.45) is 5.73 Å². The van der Waals surface area contributed by atoms with E-state index in [2.05, 4.69) is 39.0 Å². The quantitative estimate of drug-likeness (QED) is 0.797. The van der Waals surface area contributed by atoms with Gasteiger partial charge in [0.25, 0.3) is 0 Å². The average Bonchev–Trinajstić information content (AvgIpc) is 2.19. The Morgan fingerprint density at radius 3 is 2.64 bits per heavy atom. The normalized spacial score (nSPS) is 12.6. The minimum Gasteiger partial charge on any atom is -0.489 e. The van der Waals surface area contributed by atoms with Crippen LogP contribution in [0.5, 0.6) is 5.75 Å². The van der Waals surface area contributed by atoms with E-state index in [-0.39, 0.29) is 6.10 Å². The topological polar surface area (TPSA) is 35.2 Å². The van der Waals surface area contributed by atoms with E-state index in [4.69, 9.17) is 10.5 Å². The Morgan fingerprint density at radius 2 is 2.07 bits per heavy atom. The second-order valence-corrected chi connectivity index (χ2v) is 3.65. The molecule has 0 aliphatic carbocycles. The lowest BCUT2D eigenvalue weighted by Gasteiger charge is -2.17. The summed E-state index contributed by atoms with van der Waals surface area (Å²) >= 11 is 0. The smallest absolute Gasteiger partial charge is 0.122 e. The molecule has 1 rings (SSSR count). The first-order valence-corrected chi connectivity index (χ1v) is 5.11. The average molecular weight is 193 g/mol. The van der Waals surface area contributed by atoms with E-state index in [0.717, 1.165) is 12.2 Å². The molecule has 2 heteroatoms. The molecule has 1 aromatic carbocycles. The third kappa shape index (κ3) is 2.74. The van der Waals surface area contributed by atoms with Crippen molar-refractivity contribution in [1.82, 2.24) is 0 Å². The van der Waals surface area contributed by atoms with E-state index in [1.807, 2.05) is 0 Å². The van der Waals surface area contributed by atoms with Crippen LogP contribution in [0.4, 0.5) is 0 Å². The lowest BCUT2D eigenvalue weighted by molar-refractivity contribution is 0.204. The molecule has 0 amide bonds. The number of ether oxygens (including phenoxy) is 1. The molecule has 0 spiro atoms. The SMILES string of the molecule is CCC(CN)Oc1cc(C)ccc1C. The summed E-state index contributed by atoms with van der Waals surface area (Å²) in [5.41, 5.74) is 7.98. The Bertz CT molecular complexity index is 292. The fourth-order valence-electron chi connectivity index (χ4n) is 1.31. The van der Waals surface area contributed by atoms with Gasteiger partial charge in [-0.2, -0.15) is 0 Å². The van der Waals surface area contributed by atoms with Gasteiger partial charge in [0.15, 0.2) is 0 Å². The number of benzene rings is 1. The molecule has 0 aromatic heterocycles. The minimum absolute atomic E-state index is 0.135. The van der Waals surface area contributed by atoms with Crippen molar-refractivity contribution in [1.29, 1.82) is 0 Å². The van der Waals surface area contributed by atoms with E-state index < -0.39 is 0 Å². The molecule has 0 bridgehead atoms. The summed E-state index contributed by atoms with van der Waals surface area (Å²) in [6.45, 7) is 6.78. The third-order valence-corrected chi connectivity index (χ3v) is 2.36. The van der Waals surface area contributed by atoms with Crippen molar-refractivity contribution >= 4 is 0 Å². The summed E-state index contributed by atoms with van der Waals surface area (Å²) in [7, 11) is 0. The van der Waals surface area contributed by atoms with Gasteiger partial charge < -0.3 is 10.5 Å². The minimum atomic E-state index is 0.135. The summed E-state index contributed by atoms with van der Waals surface area (Å²) in [5.74, 6) is 0.960. The zero-order chi connectivity index (χ0) is 10.6. The fraction of sp³-hybridized carbons (Fsp3) is 0.500. The number of hydrogen-bond donors (Lipinski definition) is 1. The van der Waals surface area contributed by atoms with Crippen molar-refractivity contribution in [2.75, 3.05) is 6.54 Å². The highest BCUT2D eigenvalue weighted by Crippen LogP contribution is 2.20. The number of hydrogen-bond acceptors (Lipinski definition) is 2. The van der Waals surface area contributed by atoms with Gasteiger partial charge in [-0.25, -0.2) is 0 Å². The molecule has 0 aliphatic heterocycles. The molecule has 0 fully saturated rings. The van der Waals surface area contributed by atoms with Crippen LogP contribution in [0, 0.1) is 13.8 Å². The number of rotatable bonds is 4. The molecular weight excluding hydrogens is 174 g/mol. The highest BCUT2D eigenvalue weighted by atomic mass is 16.5. The Hall–Kier alpha value is -1.02. The summed E-state index contributed by atoms with van der Waals surface area (Å²) in [6, 6.07) is 6.23. The van der Waals surface area contributed by atoms with Crippen LogP contribution >= 0.6 is 0 Å². The van der Waals surface area contributed by atoms with Crippen LogP contribution in [0.15, 0.2) is 18.2 Å². The van der Waals surface area contributed by atoms with Gasteiger partial charge in [-0.1, -0.05) is 19.1 Å². The maximum atomic E-state index is 5.80. The van der Waals surface area contributed by atoms with Crippen molar-refractivity contribution in [3.63, 3.8) is 0 Å². The van der Waals surface area contributed by atoms with Crippen molar-refractivity contribution < 1.29 is 4.74 Å². The molecule has 0 saturated carbocycles. The zero-order valence-electron chi connectivity index (χ0n) is 9.21. The maximum absolute atomic E-state index is 5.80. The van der Waals surface area contributed by atoms with Crippen molar-refractivity contribution in [2.45, 2.75) is 33.3 Å². The molecule has 0 aliphatic rings. The van der Waals surface area contributed by atoms with Crippen LogP contribution in [0.1, 0.15) is 24.5 Å². The van der Waals surface area contributed by atoms with Crippen LogP contribution in [-0.2, 0) is 0 Å². The fourth-order valence-corrected chi connectivity index (χ4v) is 1.31. The van der Waals surface area contributed by atoms with Gasteiger partial charge in [0.05, 0.1) is 0 Å². The molecule has 0 heterocycles. The summed E-state index contributed by atoms with van der Waals surface area (Å²) in [6.07, 6.45) is 1.08. The lowest BCUT2D eigenvalue weighted by Crippen LogP contribution is -2.25. The van der Waals surface area contributed by atoms with E-state index in [9.17, 15) is 0 Å². The molecule has 0 radical (unpaired) electrons. The van der Waals surface area contributed by atoms with Gasteiger partial charge in [0, 0.05) is 6.54 Å². The first-order chi connectivity index (χ1) is 6.67. The molecule has 2 N–H and O–H groups in total. The first-order valence-electron chi connectivity index (χ1n) is 5.11. The second-order valence-electron chi connectivity index (χ2n) is 3.65. The molecular formula is C12H19NO. The van der Waals surface area contributed by atoms with Crippen molar-refractivity contribution in [3.8, 4) is 5.75 Å². The van der Waals surface area contributed by atoms with Crippen LogP contribution in [0.2, 0.25) is 0 Å². The molecule has 1 atom stereocenters. The van der Waals surface area contributed by atoms with Gasteiger partial charge >= 0.3 is 0 Å². The first kappa shape index (κ1) is 11.1. The van der Waals surface area contributed by atoms with E-state index in [1.165, 1.54) is 11.1 Å². The highest BCUT2D eigenvalue weighted by Gasteiger charge is 2.07. The Kier molecular flexibility index (Phi) is 3.96. The monoisotopic (exact) mass is 193 g/mol. The largest absolute Gasteiger partial charge is 0.489 e. The molecule has 1 unspecified atom stereocenters. The highest BCUT2D eigenvalue weighted by molar-refractivity contribution is 5.36. The Balaban J connectivity index is 2.79. The molecule has 2 nitrogen and oxygen atoms in total. The molecule has 1 aromatic rings. The Labute approximate surface area is 86.1 Å². The molecule has 78 valence electrons. The van der Waals surface area contributed by atoms with Gasteiger partial charge in [-0.15, -0.1) is 0 Å². The molecule has 14 heavy (non-hydrogen) atoms. The van der Waals surface area contributed by atoms with Crippen LogP contribution in [0.3, 0.4) is 0 Å². The predicted octanol–water partition coefficient (Wildman–Crippen LogP) is 2.42.